The van der Waals surface area contributed by atoms with Crippen LogP contribution in [0.3, 0.4) is 0 Å². The van der Waals surface area contributed by atoms with Gasteiger partial charge in [-0.2, -0.15) is 0 Å². The predicted molar refractivity (Wildman–Crippen MR) is 69.4 cm³/mol. The van der Waals surface area contributed by atoms with Gasteiger partial charge in [0.2, 0.25) is 0 Å². The Morgan fingerprint density at radius 3 is 2.61 bits per heavy atom. The SMILES string of the molecule is Cc1cc(C(O)C(C)[NH2+]CCCCl)ccc1O.[Cl-]. The van der Waals surface area contributed by atoms with Crippen LogP contribution in [0.5, 0.6) is 5.75 Å². The number of benzene rings is 1. The lowest BCUT2D eigenvalue weighted by atomic mass is 10.0. The van der Waals surface area contributed by atoms with Crippen LogP contribution in [0, 0.1) is 6.92 Å². The van der Waals surface area contributed by atoms with Crippen molar-refractivity contribution < 1.29 is 27.9 Å². The number of phenols is 1. The molecule has 1 aromatic rings. The third kappa shape index (κ3) is 5.02. The van der Waals surface area contributed by atoms with Gasteiger partial charge in [-0.05, 0) is 37.1 Å². The Labute approximate surface area is 120 Å². The quantitative estimate of drug-likeness (QED) is 0.433. The topological polar surface area (TPSA) is 57.1 Å². The van der Waals surface area contributed by atoms with Gasteiger partial charge < -0.3 is 27.9 Å². The van der Waals surface area contributed by atoms with E-state index in [1.165, 1.54) is 0 Å². The molecule has 0 saturated heterocycles. The van der Waals surface area contributed by atoms with Crippen LogP contribution in [-0.2, 0) is 0 Å². The number of quaternary nitrogens is 1. The first kappa shape index (κ1) is 17.5. The molecule has 0 bridgehead atoms. The molecule has 0 aliphatic carbocycles. The summed E-state index contributed by atoms with van der Waals surface area (Å²) in [5, 5.41) is 21.7. The Hall–Kier alpha value is -0.480. The van der Waals surface area contributed by atoms with Gasteiger partial charge in [-0.15, -0.1) is 11.6 Å². The van der Waals surface area contributed by atoms with Gasteiger partial charge in [0.15, 0.2) is 0 Å². The summed E-state index contributed by atoms with van der Waals surface area (Å²) < 4.78 is 0. The molecule has 104 valence electrons. The lowest BCUT2D eigenvalue weighted by Gasteiger charge is -2.18. The lowest BCUT2D eigenvalue weighted by molar-refractivity contribution is -0.694. The average Bonchev–Trinajstić information content (AvgIpc) is 2.32. The predicted octanol–water partition coefficient (Wildman–Crippen LogP) is -1.68. The van der Waals surface area contributed by atoms with Gasteiger partial charge in [0, 0.05) is 12.3 Å². The van der Waals surface area contributed by atoms with Crippen molar-refractivity contribution in [2.24, 2.45) is 0 Å². The first-order chi connectivity index (χ1) is 8.06. The van der Waals surface area contributed by atoms with Gasteiger partial charge in [0.05, 0.1) is 6.54 Å². The average molecular weight is 294 g/mol. The van der Waals surface area contributed by atoms with E-state index in [2.05, 4.69) is 5.32 Å². The second-order valence-electron chi connectivity index (χ2n) is 4.42. The number of halogens is 2. The summed E-state index contributed by atoms with van der Waals surface area (Å²) in [6, 6.07) is 5.30. The number of aromatic hydroxyl groups is 1. The van der Waals surface area contributed by atoms with Crippen molar-refractivity contribution in [2.45, 2.75) is 32.4 Å². The van der Waals surface area contributed by atoms with E-state index in [1.807, 2.05) is 19.9 Å². The molecule has 1 aromatic carbocycles. The molecule has 0 heterocycles. The van der Waals surface area contributed by atoms with Crippen LogP contribution in [0.15, 0.2) is 18.2 Å². The molecule has 0 amide bonds. The van der Waals surface area contributed by atoms with Crippen LogP contribution in [0.2, 0.25) is 0 Å². The first-order valence-electron chi connectivity index (χ1n) is 5.93. The van der Waals surface area contributed by atoms with Crippen LogP contribution in [0.25, 0.3) is 0 Å². The van der Waals surface area contributed by atoms with Crippen LogP contribution >= 0.6 is 11.6 Å². The van der Waals surface area contributed by atoms with Crippen molar-refractivity contribution >= 4 is 11.6 Å². The summed E-state index contributed by atoms with van der Waals surface area (Å²) in [6.45, 7) is 4.73. The van der Waals surface area contributed by atoms with Gasteiger partial charge in [0.1, 0.15) is 17.9 Å². The zero-order valence-corrected chi connectivity index (χ0v) is 12.2. The van der Waals surface area contributed by atoms with Crippen molar-refractivity contribution in [3.05, 3.63) is 29.3 Å². The van der Waals surface area contributed by atoms with Crippen LogP contribution in [-0.4, -0.2) is 28.7 Å². The molecule has 0 fully saturated rings. The fraction of sp³-hybridized carbons (Fsp3) is 0.538. The van der Waals surface area contributed by atoms with E-state index >= 15 is 0 Å². The largest absolute Gasteiger partial charge is 1.00 e. The fourth-order valence-electron chi connectivity index (χ4n) is 1.75. The molecule has 2 unspecified atom stereocenters. The number of aliphatic hydroxyl groups is 1. The highest BCUT2D eigenvalue weighted by atomic mass is 35.5. The Balaban J connectivity index is 0.00000289. The van der Waals surface area contributed by atoms with Crippen LogP contribution in [0.1, 0.15) is 30.6 Å². The third-order valence-corrected chi connectivity index (χ3v) is 3.20. The monoisotopic (exact) mass is 293 g/mol. The molecule has 0 saturated carbocycles. The molecule has 1 rings (SSSR count). The minimum absolute atomic E-state index is 0. The number of nitrogens with two attached hydrogens (primary N) is 1. The summed E-state index contributed by atoms with van der Waals surface area (Å²) >= 11 is 5.61. The molecular formula is C13H21Cl2NO2. The van der Waals surface area contributed by atoms with E-state index < -0.39 is 6.10 Å². The van der Waals surface area contributed by atoms with E-state index in [4.69, 9.17) is 11.6 Å². The van der Waals surface area contributed by atoms with Crippen LogP contribution in [0.4, 0.5) is 0 Å². The van der Waals surface area contributed by atoms with Gasteiger partial charge >= 0.3 is 0 Å². The number of hydrogen-bond donors (Lipinski definition) is 3. The highest BCUT2D eigenvalue weighted by molar-refractivity contribution is 6.17. The number of rotatable bonds is 6. The van der Waals surface area contributed by atoms with Crippen molar-refractivity contribution in [1.82, 2.24) is 0 Å². The second kappa shape index (κ2) is 8.59. The van der Waals surface area contributed by atoms with Gasteiger partial charge in [-0.3, -0.25) is 0 Å². The zero-order valence-electron chi connectivity index (χ0n) is 10.7. The molecule has 18 heavy (non-hydrogen) atoms. The number of alkyl halides is 1. The summed E-state index contributed by atoms with van der Waals surface area (Å²) in [7, 11) is 0. The van der Waals surface area contributed by atoms with Gasteiger partial charge in [0.25, 0.3) is 0 Å². The number of aliphatic hydroxyl groups excluding tert-OH is 1. The van der Waals surface area contributed by atoms with E-state index in [1.54, 1.807) is 12.1 Å². The molecule has 3 nitrogen and oxygen atoms in total. The Kier molecular flexibility index (Phi) is 8.36. The number of hydrogen-bond acceptors (Lipinski definition) is 2. The van der Waals surface area contributed by atoms with Crippen molar-refractivity contribution in [2.75, 3.05) is 12.4 Å². The summed E-state index contributed by atoms with van der Waals surface area (Å²) in [5.74, 6) is 0.914. The Morgan fingerprint density at radius 1 is 1.39 bits per heavy atom. The highest BCUT2D eigenvalue weighted by Gasteiger charge is 2.19. The molecule has 0 spiro atoms. The maximum atomic E-state index is 10.2. The normalized spacial score (nSPS) is 13.8. The first-order valence-corrected chi connectivity index (χ1v) is 6.46. The number of phenolic OH excluding ortho intramolecular Hbond substituents is 1. The molecule has 4 N–H and O–H groups in total. The lowest BCUT2D eigenvalue weighted by Crippen LogP contribution is -3.00. The Bertz CT molecular complexity index is 361. The van der Waals surface area contributed by atoms with E-state index in [0.717, 1.165) is 24.1 Å². The Morgan fingerprint density at radius 2 is 2.06 bits per heavy atom. The molecule has 5 heteroatoms. The second-order valence-corrected chi connectivity index (χ2v) is 4.79. The van der Waals surface area contributed by atoms with E-state index in [9.17, 15) is 10.2 Å². The minimum Gasteiger partial charge on any atom is -1.00 e. The standard InChI is InChI=1S/C13H20ClNO2.ClH/c1-9-8-11(4-5-12(9)16)13(17)10(2)15-7-3-6-14;/h4-5,8,10,13,15-17H,3,6-7H2,1-2H3;1H. The maximum Gasteiger partial charge on any atom is 0.130 e. The van der Waals surface area contributed by atoms with Gasteiger partial charge in [-0.1, -0.05) is 6.07 Å². The minimum atomic E-state index is -0.523. The summed E-state index contributed by atoms with van der Waals surface area (Å²) in [5.41, 5.74) is 1.63. The molecule has 0 aliphatic heterocycles. The molecule has 0 aromatic heterocycles. The maximum absolute atomic E-state index is 10.2. The third-order valence-electron chi connectivity index (χ3n) is 2.94. The summed E-state index contributed by atoms with van der Waals surface area (Å²) in [4.78, 5) is 0. The molecule has 2 atom stereocenters. The fourth-order valence-corrected chi connectivity index (χ4v) is 1.91. The highest BCUT2D eigenvalue weighted by Crippen LogP contribution is 2.22. The zero-order chi connectivity index (χ0) is 12.8. The molecule has 0 aliphatic rings. The summed E-state index contributed by atoms with van der Waals surface area (Å²) in [6.07, 6.45) is 0.414. The van der Waals surface area contributed by atoms with Crippen molar-refractivity contribution in [1.29, 1.82) is 0 Å². The van der Waals surface area contributed by atoms with E-state index in [0.29, 0.717) is 5.88 Å². The van der Waals surface area contributed by atoms with Crippen molar-refractivity contribution in [3.8, 4) is 5.75 Å². The molecular weight excluding hydrogens is 273 g/mol. The van der Waals surface area contributed by atoms with Crippen LogP contribution < -0.4 is 17.7 Å². The van der Waals surface area contributed by atoms with Crippen molar-refractivity contribution in [3.63, 3.8) is 0 Å². The van der Waals surface area contributed by atoms with Gasteiger partial charge in [-0.25, -0.2) is 0 Å². The molecule has 0 radical (unpaired) electrons. The van der Waals surface area contributed by atoms with E-state index in [-0.39, 0.29) is 24.2 Å². The number of aryl methyl sites for hydroxylation is 1. The smallest absolute Gasteiger partial charge is 0.130 e.